The molecule has 0 unspecified atom stereocenters. The summed E-state index contributed by atoms with van der Waals surface area (Å²) < 4.78 is 0. The van der Waals surface area contributed by atoms with Crippen molar-refractivity contribution in [2.24, 2.45) is 0 Å². The van der Waals surface area contributed by atoms with Crippen LogP contribution in [0.1, 0.15) is 5.69 Å². The summed E-state index contributed by atoms with van der Waals surface area (Å²) >= 11 is 0. The Labute approximate surface area is 114 Å². The Balaban J connectivity index is 2.30. The molecule has 0 aliphatic carbocycles. The van der Waals surface area contributed by atoms with Crippen molar-refractivity contribution in [3.05, 3.63) is 55.1 Å². The SMILES string of the molecule is N#Cc1nccc(-c2ccncn2)c1-c1ccncn1. The van der Waals surface area contributed by atoms with Crippen molar-refractivity contribution in [1.82, 2.24) is 24.9 Å². The van der Waals surface area contributed by atoms with Crippen molar-refractivity contribution in [2.75, 3.05) is 0 Å². The van der Waals surface area contributed by atoms with Gasteiger partial charge in [0.25, 0.3) is 0 Å². The lowest BCUT2D eigenvalue weighted by atomic mass is 10.0. The van der Waals surface area contributed by atoms with E-state index in [4.69, 9.17) is 0 Å². The largest absolute Gasteiger partial charge is 0.245 e. The first kappa shape index (κ1) is 11.9. The van der Waals surface area contributed by atoms with Gasteiger partial charge in [0.15, 0.2) is 0 Å². The van der Waals surface area contributed by atoms with E-state index in [-0.39, 0.29) is 0 Å². The van der Waals surface area contributed by atoms with E-state index in [1.165, 1.54) is 12.7 Å². The maximum Gasteiger partial charge on any atom is 0.150 e. The van der Waals surface area contributed by atoms with Crippen molar-refractivity contribution in [2.45, 2.75) is 0 Å². The summed E-state index contributed by atoms with van der Waals surface area (Å²) in [5.41, 5.74) is 3.10. The average Bonchev–Trinajstić information content (AvgIpc) is 2.55. The van der Waals surface area contributed by atoms with Gasteiger partial charge in [0.1, 0.15) is 24.4 Å². The molecular weight excluding hydrogens is 252 g/mol. The molecule has 0 saturated carbocycles. The standard InChI is InChI=1S/C14H8N6/c15-7-13-14(12-3-5-17-9-20-12)10(1-6-18-13)11-2-4-16-8-19-11/h1-6,8-9H. The Bertz CT molecular complexity index is 765. The summed E-state index contributed by atoms with van der Waals surface area (Å²) in [6.07, 6.45) is 7.76. The van der Waals surface area contributed by atoms with Gasteiger partial charge in [-0.1, -0.05) is 0 Å². The third-order valence-electron chi connectivity index (χ3n) is 2.75. The predicted molar refractivity (Wildman–Crippen MR) is 71.0 cm³/mol. The molecule has 20 heavy (non-hydrogen) atoms. The maximum absolute atomic E-state index is 9.26. The molecule has 3 rings (SSSR count). The molecule has 3 heterocycles. The fourth-order valence-electron chi connectivity index (χ4n) is 1.91. The molecule has 6 heteroatoms. The number of hydrogen-bond donors (Lipinski definition) is 0. The summed E-state index contributed by atoms with van der Waals surface area (Å²) in [7, 11) is 0. The minimum Gasteiger partial charge on any atom is -0.245 e. The van der Waals surface area contributed by atoms with Gasteiger partial charge < -0.3 is 0 Å². The fraction of sp³-hybridized carbons (Fsp3) is 0. The molecule has 0 aliphatic heterocycles. The number of nitriles is 1. The van der Waals surface area contributed by atoms with Crippen molar-refractivity contribution < 1.29 is 0 Å². The molecule has 0 spiro atoms. The first-order chi connectivity index (χ1) is 9.90. The van der Waals surface area contributed by atoms with Crippen molar-refractivity contribution in [1.29, 1.82) is 5.26 Å². The molecule has 6 nitrogen and oxygen atoms in total. The molecule has 94 valence electrons. The summed E-state index contributed by atoms with van der Waals surface area (Å²) in [5, 5.41) is 9.26. The molecule has 0 aliphatic rings. The zero-order valence-corrected chi connectivity index (χ0v) is 10.3. The van der Waals surface area contributed by atoms with Gasteiger partial charge in [-0.05, 0) is 18.2 Å². The lowest BCUT2D eigenvalue weighted by molar-refractivity contribution is 1.15. The first-order valence-electron chi connectivity index (χ1n) is 5.82. The van der Waals surface area contributed by atoms with E-state index < -0.39 is 0 Å². The quantitative estimate of drug-likeness (QED) is 0.698. The van der Waals surface area contributed by atoms with Crippen molar-refractivity contribution in [3.63, 3.8) is 0 Å². The Morgan fingerprint density at radius 2 is 1.50 bits per heavy atom. The number of aromatic nitrogens is 5. The van der Waals surface area contributed by atoms with Gasteiger partial charge in [0, 0.05) is 29.7 Å². The van der Waals surface area contributed by atoms with E-state index >= 15 is 0 Å². The molecule has 0 radical (unpaired) electrons. The molecule has 3 aromatic heterocycles. The maximum atomic E-state index is 9.26. The molecule has 0 fully saturated rings. The van der Waals surface area contributed by atoms with Crippen LogP contribution in [-0.4, -0.2) is 24.9 Å². The highest BCUT2D eigenvalue weighted by Crippen LogP contribution is 2.30. The van der Waals surface area contributed by atoms with Crippen LogP contribution in [0.3, 0.4) is 0 Å². The van der Waals surface area contributed by atoms with Crippen LogP contribution in [0.4, 0.5) is 0 Å². The third kappa shape index (κ3) is 2.08. The van der Waals surface area contributed by atoms with E-state index in [1.54, 1.807) is 36.8 Å². The van der Waals surface area contributed by atoms with Crippen molar-refractivity contribution >= 4 is 0 Å². The van der Waals surface area contributed by atoms with Crippen LogP contribution < -0.4 is 0 Å². The second kappa shape index (κ2) is 5.20. The highest BCUT2D eigenvalue weighted by atomic mass is 14.8. The van der Waals surface area contributed by atoms with Gasteiger partial charge in [-0.2, -0.15) is 5.26 Å². The van der Waals surface area contributed by atoms with Crippen LogP contribution in [0.2, 0.25) is 0 Å². The topological polar surface area (TPSA) is 88.2 Å². The summed E-state index contributed by atoms with van der Waals surface area (Å²) in [6.45, 7) is 0. The minimum atomic E-state index is 0.305. The van der Waals surface area contributed by atoms with E-state index in [0.29, 0.717) is 22.6 Å². The second-order valence-corrected chi connectivity index (χ2v) is 3.88. The molecule has 0 atom stereocenters. The number of rotatable bonds is 2. The van der Waals surface area contributed by atoms with Crippen molar-refractivity contribution in [3.8, 4) is 28.6 Å². The van der Waals surface area contributed by atoms with E-state index in [1.807, 2.05) is 0 Å². The second-order valence-electron chi connectivity index (χ2n) is 3.88. The van der Waals surface area contributed by atoms with E-state index in [0.717, 1.165) is 5.56 Å². The molecule has 0 aromatic carbocycles. The van der Waals surface area contributed by atoms with Crippen LogP contribution in [0.15, 0.2) is 49.4 Å². The molecule has 0 amide bonds. The van der Waals surface area contributed by atoms with Gasteiger partial charge in [-0.15, -0.1) is 0 Å². The number of nitrogens with zero attached hydrogens (tertiary/aromatic N) is 6. The third-order valence-corrected chi connectivity index (χ3v) is 2.75. The molecule has 0 N–H and O–H groups in total. The predicted octanol–water partition coefficient (Wildman–Crippen LogP) is 1.87. The lowest BCUT2D eigenvalue weighted by Gasteiger charge is -2.09. The molecule has 0 saturated heterocycles. The summed E-state index contributed by atoms with van der Waals surface area (Å²) in [6, 6.07) is 7.41. The smallest absolute Gasteiger partial charge is 0.150 e. The Morgan fingerprint density at radius 1 is 0.800 bits per heavy atom. The van der Waals surface area contributed by atoms with Gasteiger partial charge in [0.2, 0.25) is 0 Å². The molecular formula is C14H8N6. The van der Waals surface area contributed by atoms with Crippen LogP contribution in [0.25, 0.3) is 22.5 Å². The number of hydrogen-bond acceptors (Lipinski definition) is 6. The summed E-state index contributed by atoms with van der Waals surface area (Å²) in [4.78, 5) is 20.3. The van der Waals surface area contributed by atoms with Crippen LogP contribution in [0.5, 0.6) is 0 Å². The Hall–Kier alpha value is -3.20. The van der Waals surface area contributed by atoms with E-state index in [9.17, 15) is 5.26 Å². The van der Waals surface area contributed by atoms with Crippen LogP contribution in [0, 0.1) is 11.3 Å². The first-order valence-corrected chi connectivity index (χ1v) is 5.82. The highest BCUT2D eigenvalue weighted by Gasteiger charge is 2.15. The fourth-order valence-corrected chi connectivity index (χ4v) is 1.91. The Kier molecular flexibility index (Phi) is 3.08. The van der Waals surface area contributed by atoms with Crippen LogP contribution in [-0.2, 0) is 0 Å². The van der Waals surface area contributed by atoms with Gasteiger partial charge in [-0.3, -0.25) is 0 Å². The average molecular weight is 260 g/mol. The van der Waals surface area contributed by atoms with Gasteiger partial charge in [0.05, 0.1) is 11.4 Å². The zero-order chi connectivity index (χ0) is 13.8. The highest BCUT2D eigenvalue weighted by molar-refractivity contribution is 5.82. The lowest BCUT2D eigenvalue weighted by Crippen LogP contribution is -1.96. The zero-order valence-electron chi connectivity index (χ0n) is 10.3. The monoisotopic (exact) mass is 260 g/mol. The van der Waals surface area contributed by atoms with Gasteiger partial charge >= 0.3 is 0 Å². The van der Waals surface area contributed by atoms with E-state index in [2.05, 4.69) is 31.0 Å². The summed E-state index contributed by atoms with van der Waals surface area (Å²) in [5.74, 6) is 0. The normalized spacial score (nSPS) is 9.95. The minimum absolute atomic E-state index is 0.305. The molecule has 0 bridgehead atoms. The Morgan fingerprint density at radius 3 is 2.10 bits per heavy atom. The molecule has 3 aromatic rings. The van der Waals surface area contributed by atoms with Crippen LogP contribution >= 0.6 is 0 Å². The van der Waals surface area contributed by atoms with Gasteiger partial charge in [-0.25, -0.2) is 24.9 Å². The number of pyridine rings is 1.